The van der Waals surface area contributed by atoms with Crippen LogP contribution in [0.25, 0.3) is 0 Å². The summed E-state index contributed by atoms with van der Waals surface area (Å²) in [4.78, 5) is 14.7. The van der Waals surface area contributed by atoms with Crippen LogP contribution in [0, 0.1) is 11.6 Å². The molecule has 7 heteroatoms. The van der Waals surface area contributed by atoms with Gasteiger partial charge in [0.15, 0.2) is 0 Å². The second kappa shape index (κ2) is 8.83. The lowest BCUT2D eigenvalue weighted by atomic mass is 10.00. The minimum Gasteiger partial charge on any atom is -0.487 e. The minimum atomic E-state index is -0.649. The molecule has 2 aliphatic heterocycles. The van der Waals surface area contributed by atoms with E-state index in [-0.39, 0.29) is 29.8 Å². The second-order valence-corrected chi connectivity index (χ2v) is 9.05. The van der Waals surface area contributed by atoms with Gasteiger partial charge in [-0.3, -0.25) is 0 Å². The van der Waals surface area contributed by atoms with Gasteiger partial charge in [0, 0.05) is 30.6 Å². The lowest BCUT2D eigenvalue weighted by molar-refractivity contribution is 0.138. The molecule has 5 nitrogen and oxygen atoms in total. The first-order valence-corrected chi connectivity index (χ1v) is 10.8. The van der Waals surface area contributed by atoms with Crippen LogP contribution >= 0.6 is 0 Å². The predicted octanol–water partition coefficient (Wildman–Crippen LogP) is 4.14. The molecule has 2 N–H and O–H groups in total. The Morgan fingerprint density at radius 1 is 1.16 bits per heavy atom. The fourth-order valence-electron chi connectivity index (χ4n) is 4.27. The first-order chi connectivity index (χ1) is 14.8. The number of urea groups is 1. The molecule has 0 atom stereocenters. The summed E-state index contributed by atoms with van der Waals surface area (Å²) in [7, 11) is 0. The fraction of sp³-hybridized carbons (Fsp3) is 0.458. The molecule has 4 rings (SSSR count). The average molecular weight is 430 g/mol. The van der Waals surface area contributed by atoms with Crippen LogP contribution in [0.2, 0.25) is 0 Å². The van der Waals surface area contributed by atoms with Gasteiger partial charge in [0.05, 0.1) is 6.54 Å². The quantitative estimate of drug-likeness (QED) is 0.751. The molecular weight excluding hydrogens is 400 g/mol. The van der Waals surface area contributed by atoms with Crippen LogP contribution in [0.1, 0.15) is 43.4 Å². The van der Waals surface area contributed by atoms with Gasteiger partial charge in [-0.25, -0.2) is 13.6 Å². The van der Waals surface area contributed by atoms with Crippen molar-refractivity contribution in [3.63, 3.8) is 0 Å². The third kappa shape index (κ3) is 5.34. The summed E-state index contributed by atoms with van der Waals surface area (Å²) >= 11 is 0. The maximum atomic E-state index is 14.3. The van der Waals surface area contributed by atoms with Crippen molar-refractivity contribution in [3.8, 4) is 5.75 Å². The van der Waals surface area contributed by atoms with Crippen LogP contribution in [-0.4, -0.2) is 35.7 Å². The van der Waals surface area contributed by atoms with Gasteiger partial charge < -0.3 is 20.3 Å². The first kappa shape index (κ1) is 21.6. The molecule has 2 aliphatic rings. The molecule has 2 heterocycles. The van der Waals surface area contributed by atoms with Gasteiger partial charge in [-0.2, -0.15) is 0 Å². The molecule has 0 bridgehead atoms. The molecule has 0 unspecified atom stereocenters. The molecule has 1 saturated heterocycles. The third-order valence-electron chi connectivity index (χ3n) is 5.83. The smallest absolute Gasteiger partial charge is 0.318 e. The second-order valence-electron chi connectivity index (χ2n) is 9.05. The highest BCUT2D eigenvalue weighted by Crippen LogP contribution is 2.35. The Labute approximate surface area is 181 Å². The SMILES string of the molecule is CC1(C)Cc2cc(CN(Cc3ccc(F)cc3F)C(=O)NC3CCNCC3)ccc2O1. The summed E-state index contributed by atoms with van der Waals surface area (Å²) in [5.74, 6) is -0.416. The number of nitrogens with zero attached hydrogens (tertiary/aromatic N) is 1. The number of fused-ring (bicyclic) bond motifs is 1. The van der Waals surface area contributed by atoms with E-state index in [0.29, 0.717) is 6.54 Å². The Morgan fingerprint density at radius 3 is 2.68 bits per heavy atom. The van der Waals surface area contributed by atoms with E-state index in [4.69, 9.17) is 4.74 Å². The van der Waals surface area contributed by atoms with Gasteiger partial charge in [-0.15, -0.1) is 0 Å². The van der Waals surface area contributed by atoms with Gasteiger partial charge in [0.1, 0.15) is 23.0 Å². The number of amides is 2. The molecule has 31 heavy (non-hydrogen) atoms. The van der Waals surface area contributed by atoms with Gasteiger partial charge in [-0.05, 0) is 63.0 Å². The molecule has 0 spiro atoms. The molecule has 2 amide bonds. The fourth-order valence-corrected chi connectivity index (χ4v) is 4.27. The number of halogens is 2. The summed E-state index contributed by atoms with van der Waals surface area (Å²) in [6.45, 7) is 6.19. The number of hydrogen-bond acceptors (Lipinski definition) is 3. The van der Waals surface area contributed by atoms with Crippen molar-refractivity contribution in [1.29, 1.82) is 0 Å². The molecule has 0 saturated carbocycles. The Morgan fingerprint density at radius 2 is 1.94 bits per heavy atom. The van der Waals surface area contributed by atoms with Gasteiger partial charge in [0.25, 0.3) is 0 Å². The highest BCUT2D eigenvalue weighted by Gasteiger charge is 2.30. The van der Waals surface area contributed by atoms with Crippen LogP contribution in [0.4, 0.5) is 13.6 Å². The van der Waals surface area contributed by atoms with Crippen molar-refractivity contribution in [2.75, 3.05) is 13.1 Å². The molecule has 0 radical (unpaired) electrons. The maximum absolute atomic E-state index is 14.3. The predicted molar refractivity (Wildman–Crippen MR) is 115 cm³/mol. The summed E-state index contributed by atoms with van der Waals surface area (Å²) in [5, 5.41) is 6.36. The summed E-state index contributed by atoms with van der Waals surface area (Å²) < 4.78 is 33.6. The normalized spacial score (nSPS) is 17.7. The van der Waals surface area contributed by atoms with Crippen LogP contribution in [0.5, 0.6) is 5.75 Å². The van der Waals surface area contributed by atoms with E-state index in [1.54, 1.807) is 4.90 Å². The maximum Gasteiger partial charge on any atom is 0.318 e. The van der Waals surface area contributed by atoms with Gasteiger partial charge in [0.2, 0.25) is 0 Å². The average Bonchev–Trinajstić information content (AvgIpc) is 3.03. The Kier molecular flexibility index (Phi) is 6.14. The van der Waals surface area contributed by atoms with E-state index in [2.05, 4.69) is 16.7 Å². The number of rotatable bonds is 5. The Balaban J connectivity index is 1.54. The number of nitrogens with one attached hydrogen (secondary N) is 2. The van der Waals surface area contributed by atoms with Crippen molar-refractivity contribution in [1.82, 2.24) is 15.5 Å². The number of hydrogen-bond donors (Lipinski definition) is 2. The molecule has 2 aromatic rings. The lowest BCUT2D eigenvalue weighted by Gasteiger charge is -2.29. The molecule has 1 fully saturated rings. The van der Waals surface area contributed by atoms with Crippen LogP contribution in [0.15, 0.2) is 36.4 Å². The van der Waals surface area contributed by atoms with Gasteiger partial charge >= 0.3 is 6.03 Å². The zero-order valence-corrected chi connectivity index (χ0v) is 18.0. The standard InChI is InChI=1S/C24H29F2N3O2/c1-24(2)13-18-11-16(3-6-22(18)31-24)14-29(15-17-4-5-19(25)12-21(17)26)23(30)28-20-7-9-27-10-8-20/h3-6,11-12,20,27H,7-10,13-15H2,1-2H3,(H,28,30). The highest BCUT2D eigenvalue weighted by atomic mass is 19.1. The molecule has 2 aromatic carbocycles. The van der Waals surface area contributed by atoms with Gasteiger partial charge in [-0.1, -0.05) is 18.2 Å². The van der Waals surface area contributed by atoms with Crippen molar-refractivity contribution in [3.05, 3.63) is 64.7 Å². The van der Waals surface area contributed by atoms with E-state index in [1.807, 2.05) is 26.0 Å². The van der Waals surface area contributed by atoms with Crippen molar-refractivity contribution >= 4 is 6.03 Å². The van der Waals surface area contributed by atoms with E-state index in [0.717, 1.165) is 55.3 Å². The zero-order chi connectivity index (χ0) is 22.0. The van der Waals surface area contributed by atoms with E-state index in [9.17, 15) is 13.6 Å². The highest BCUT2D eigenvalue weighted by molar-refractivity contribution is 5.74. The number of benzene rings is 2. The van der Waals surface area contributed by atoms with E-state index < -0.39 is 11.6 Å². The lowest BCUT2D eigenvalue weighted by Crippen LogP contribution is -2.48. The molecular formula is C24H29F2N3O2. The van der Waals surface area contributed by atoms with Crippen molar-refractivity contribution < 1.29 is 18.3 Å². The number of piperidine rings is 1. The van der Waals surface area contributed by atoms with Crippen molar-refractivity contribution in [2.45, 2.75) is 57.8 Å². The van der Waals surface area contributed by atoms with Crippen LogP contribution in [-0.2, 0) is 19.5 Å². The van der Waals surface area contributed by atoms with E-state index in [1.165, 1.54) is 12.1 Å². The number of carbonyl (C=O) groups excluding carboxylic acids is 1. The number of ether oxygens (including phenoxy) is 1. The van der Waals surface area contributed by atoms with Crippen LogP contribution in [0.3, 0.4) is 0 Å². The summed E-state index contributed by atoms with van der Waals surface area (Å²) in [6, 6.07) is 9.23. The van der Waals surface area contributed by atoms with Crippen molar-refractivity contribution in [2.24, 2.45) is 0 Å². The number of carbonyl (C=O) groups is 1. The summed E-state index contributed by atoms with van der Waals surface area (Å²) in [6.07, 6.45) is 2.51. The minimum absolute atomic E-state index is 0.0575. The zero-order valence-electron chi connectivity index (χ0n) is 18.0. The molecule has 0 aromatic heterocycles. The van der Waals surface area contributed by atoms with Crippen LogP contribution < -0.4 is 15.4 Å². The van der Waals surface area contributed by atoms with E-state index >= 15 is 0 Å². The Bertz CT molecular complexity index is 958. The monoisotopic (exact) mass is 429 g/mol. The third-order valence-corrected chi connectivity index (χ3v) is 5.83. The Hall–Kier alpha value is -2.67. The topological polar surface area (TPSA) is 53.6 Å². The summed E-state index contributed by atoms with van der Waals surface area (Å²) in [5.41, 5.74) is 2.09. The molecule has 0 aliphatic carbocycles. The first-order valence-electron chi connectivity index (χ1n) is 10.8. The molecule has 166 valence electrons. The largest absolute Gasteiger partial charge is 0.487 e.